The molecule has 1 amide bonds. The minimum Gasteiger partial charge on any atom is -0.382 e. The van der Waals surface area contributed by atoms with E-state index in [-0.39, 0.29) is 5.91 Å². The molecule has 0 radical (unpaired) electrons. The van der Waals surface area contributed by atoms with Crippen LogP contribution in [0.4, 0.5) is 0 Å². The Morgan fingerprint density at radius 1 is 1.57 bits per heavy atom. The molecule has 2 rings (SSSR count). The van der Waals surface area contributed by atoms with Gasteiger partial charge in [0.15, 0.2) is 0 Å². The summed E-state index contributed by atoms with van der Waals surface area (Å²) >= 11 is 0. The molecular formula is C15H26N4O2. The second-order valence-corrected chi connectivity index (χ2v) is 5.95. The number of nitrogens with one attached hydrogen (secondary N) is 1. The van der Waals surface area contributed by atoms with Crippen molar-refractivity contribution >= 4 is 5.91 Å². The monoisotopic (exact) mass is 294 g/mol. The Balaban J connectivity index is 2.24. The van der Waals surface area contributed by atoms with Crippen LogP contribution in [0.25, 0.3) is 0 Å². The van der Waals surface area contributed by atoms with Gasteiger partial charge >= 0.3 is 0 Å². The van der Waals surface area contributed by atoms with Crippen LogP contribution in [0.3, 0.4) is 0 Å². The highest BCUT2D eigenvalue weighted by Crippen LogP contribution is 2.32. The van der Waals surface area contributed by atoms with E-state index in [2.05, 4.69) is 33.6 Å². The first kappa shape index (κ1) is 16.0. The van der Waals surface area contributed by atoms with Crippen LogP contribution < -0.4 is 5.32 Å². The molecule has 6 heteroatoms. The molecular weight excluding hydrogens is 268 g/mol. The fraction of sp³-hybridized carbons (Fsp3) is 0.733. The summed E-state index contributed by atoms with van der Waals surface area (Å²) in [5, 5.41) is 2.80. The lowest BCUT2D eigenvalue weighted by molar-refractivity contribution is -0.135. The van der Waals surface area contributed by atoms with Crippen LogP contribution in [-0.2, 0) is 16.1 Å². The molecule has 2 heterocycles. The van der Waals surface area contributed by atoms with Gasteiger partial charge in [-0.05, 0) is 33.2 Å². The maximum Gasteiger partial charge on any atom is 0.242 e. The number of hydrogen-bond donors (Lipinski definition) is 1. The fourth-order valence-electron chi connectivity index (χ4n) is 3.24. The molecule has 1 aromatic heterocycles. The number of amides is 1. The average Bonchev–Trinajstić information content (AvgIpc) is 3.07. The minimum atomic E-state index is -0.560. The number of ether oxygens (including phenoxy) is 1. The summed E-state index contributed by atoms with van der Waals surface area (Å²) in [6.07, 6.45) is 5.58. The highest BCUT2D eigenvalue weighted by Gasteiger charge is 2.47. The van der Waals surface area contributed by atoms with Crippen molar-refractivity contribution in [3.8, 4) is 0 Å². The summed E-state index contributed by atoms with van der Waals surface area (Å²) in [7, 11) is 3.34. The van der Waals surface area contributed by atoms with Crippen molar-refractivity contribution in [2.45, 2.75) is 44.8 Å². The maximum atomic E-state index is 12.4. The summed E-state index contributed by atoms with van der Waals surface area (Å²) in [6, 6.07) is 0.363. The van der Waals surface area contributed by atoms with Gasteiger partial charge in [0.2, 0.25) is 5.91 Å². The van der Waals surface area contributed by atoms with Crippen molar-refractivity contribution in [3.05, 3.63) is 18.2 Å². The van der Waals surface area contributed by atoms with Crippen molar-refractivity contribution in [2.75, 3.05) is 27.3 Å². The second kappa shape index (κ2) is 6.58. The highest BCUT2D eigenvalue weighted by molar-refractivity contribution is 5.86. The molecule has 0 bridgehead atoms. The van der Waals surface area contributed by atoms with Gasteiger partial charge in [0, 0.05) is 32.9 Å². The van der Waals surface area contributed by atoms with Crippen molar-refractivity contribution < 1.29 is 9.53 Å². The fourth-order valence-corrected chi connectivity index (χ4v) is 3.24. The van der Waals surface area contributed by atoms with E-state index in [1.165, 1.54) is 0 Å². The maximum absolute atomic E-state index is 12.4. The summed E-state index contributed by atoms with van der Waals surface area (Å²) in [5.74, 6) is 0.0393. The number of rotatable bonds is 6. The van der Waals surface area contributed by atoms with Gasteiger partial charge in [-0.2, -0.15) is 0 Å². The van der Waals surface area contributed by atoms with Gasteiger partial charge in [-0.3, -0.25) is 9.69 Å². The first-order valence-electron chi connectivity index (χ1n) is 7.52. The van der Waals surface area contributed by atoms with E-state index >= 15 is 0 Å². The predicted octanol–water partition coefficient (Wildman–Crippen LogP) is 1.19. The number of imidazole rings is 1. The van der Waals surface area contributed by atoms with Crippen molar-refractivity contribution in [2.24, 2.45) is 0 Å². The zero-order valence-corrected chi connectivity index (χ0v) is 13.4. The number of likely N-dealkylation sites (N-methyl/N-ethyl adjacent to an activating group) is 1. The van der Waals surface area contributed by atoms with Crippen LogP contribution in [0.5, 0.6) is 0 Å². The van der Waals surface area contributed by atoms with Crippen molar-refractivity contribution in [1.29, 1.82) is 0 Å². The molecule has 1 fully saturated rings. The number of carbonyl (C=O) groups is 1. The number of aromatic nitrogens is 2. The normalized spacial score (nSPS) is 22.9. The SMILES string of the molecule is CNC(=O)C1(COC)CCCN1Cc1cncn1C(C)C. The number of nitrogens with zero attached hydrogens (tertiary/aromatic N) is 3. The van der Waals surface area contributed by atoms with Crippen molar-refractivity contribution in [1.82, 2.24) is 19.8 Å². The highest BCUT2D eigenvalue weighted by atomic mass is 16.5. The number of methoxy groups -OCH3 is 1. The van der Waals surface area contributed by atoms with Crippen LogP contribution in [0.1, 0.15) is 38.4 Å². The van der Waals surface area contributed by atoms with E-state index in [9.17, 15) is 4.79 Å². The lowest BCUT2D eigenvalue weighted by Gasteiger charge is -2.36. The van der Waals surface area contributed by atoms with Gasteiger partial charge in [0.05, 0.1) is 18.6 Å². The Hall–Kier alpha value is -1.40. The molecule has 1 N–H and O–H groups in total. The topological polar surface area (TPSA) is 59.4 Å². The quantitative estimate of drug-likeness (QED) is 0.856. The Labute approximate surface area is 126 Å². The largest absolute Gasteiger partial charge is 0.382 e. The van der Waals surface area contributed by atoms with Crippen molar-refractivity contribution in [3.63, 3.8) is 0 Å². The Morgan fingerprint density at radius 2 is 2.33 bits per heavy atom. The zero-order valence-electron chi connectivity index (χ0n) is 13.4. The number of likely N-dealkylation sites (tertiary alicyclic amines) is 1. The Kier molecular flexibility index (Phi) is 5.00. The second-order valence-electron chi connectivity index (χ2n) is 5.95. The van der Waals surface area contributed by atoms with Crippen LogP contribution in [-0.4, -0.2) is 53.2 Å². The third kappa shape index (κ3) is 2.96. The Morgan fingerprint density at radius 3 is 2.95 bits per heavy atom. The molecule has 1 unspecified atom stereocenters. The van der Waals surface area contributed by atoms with E-state index < -0.39 is 5.54 Å². The molecule has 0 aliphatic carbocycles. The first-order valence-corrected chi connectivity index (χ1v) is 7.52. The smallest absolute Gasteiger partial charge is 0.242 e. The predicted molar refractivity (Wildman–Crippen MR) is 80.9 cm³/mol. The molecule has 118 valence electrons. The van der Waals surface area contributed by atoms with E-state index in [4.69, 9.17) is 4.74 Å². The molecule has 6 nitrogen and oxygen atoms in total. The average molecular weight is 294 g/mol. The van der Waals surface area contributed by atoms with Gasteiger partial charge in [0.25, 0.3) is 0 Å². The van der Waals surface area contributed by atoms with Crippen LogP contribution in [0.2, 0.25) is 0 Å². The van der Waals surface area contributed by atoms with E-state index in [0.29, 0.717) is 12.6 Å². The van der Waals surface area contributed by atoms with Crippen LogP contribution >= 0.6 is 0 Å². The third-order valence-electron chi connectivity index (χ3n) is 4.31. The summed E-state index contributed by atoms with van der Waals surface area (Å²) < 4.78 is 7.51. The molecule has 0 saturated carbocycles. The lowest BCUT2D eigenvalue weighted by atomic mass is 9.95. The molecule has 21 heavy (non-hydrogen) atoms. The van der Waals surface area contributed by atoms with Gasteiger partial charge in [-0.15, -0.1) is 0 Å². The number of hydrogen-bond acceptors (Lipinski definition) is 4. The lowest BCUT2D eigenvalue weighted by Crippen LogP contribution is -2.57. The molecule has 1 aliphatic rings. The molecule has 1 saturated heterocycles. The summed E-state index contributed by atoms with van der Waals surface area (Å²) in [4.78, 5) is 18.9. The van der Waals surface area contributed by atoms with Gasteiger partial charge in [-0.1, -0.05) is 0 Å². The first-order chi connectivity index (χ1) is 10.0. The standard InChI is InChI=1S/C15H26N4O2/c1-12(2)19-11-17-8-13(19)9-18-7-5-6-15(18,10-21-4)14(20)16-3/h8,11-12H,5-7,9-10H2,1-4H3,(H,16,20). The number of carbonyl (C=O) groups excluding carboxylic acids is 1. The van der Waals surface area contributed by atoms with E-state index in [1.54, 1.807) is 14.2 Å². The molecule has 0 aromatic carbocycles. The molecule has 0 spiro atoms. The third-order valence-corrected chi connectivity index (χ3v) is 4.31. The van der Waals surface area contributed by atoms with Gasteiger partial charge in [0.1, 0.15) is 5.54 Å². The summed E-state index contributed by atoms with van der Waals surface area (Å²) in [5.41, 5.74) is 0.576. The Bertz CT molecular complexity index is 486. The minimum absolute atomic E-state index is 0.0393. The molecule has 1 aliphatic heterocycles. The molecule has 1 atom stereocenters. The van der Waals surface area contributed by atoms with Crippen LogP contribution in [0.15, 0.2) is 12.5 Å². The molecule has 1 aromatic rings. The van der Waals surface area contributed by atoms with E-state index in [1.807, 2.05) is 12.5 Å². The van der Waals surface area contributed by atoms with Gasteiger partial charge in [-0.25, -0.2) is 4.98 Å². The van der Waals surface area contributed by atoms with E-state index in [0.717, 1.165) is 31.6 Å². The van der Waals surface area contributed by atoms with Crippen LogP contribution in [0, 0.1) is 0 Å². The van der Waals surface area contributed by atoms with Gasteiger partial charge < -0.3 is 14.6 Å². The zero-order chi connectivity index (χ0) is 15.5. The summed E-state index contributed by atoms with van der Waals surface area (Å²) in [6.45, 7) is 6.31.